The topological polar surface area (TPSA) is 138 Å². The fourth-order valence-electron chi connectivity index (χ4n) is 2.23. The summed E-state index contributed by atoms with van der Waals surface area (Å²) in [5.74, 6) is -1.75. The van der Waals surface area contributed by atoms with Gasteiger partial charge in [0.2, 0.25) is 5.91 Å². The van der Waals surface area contributed by atoms with Crippen LogP contribution in [0.5, 0.6) is 0 Å². The predicted molar refractivity (Wildman–Crippen MR) is 108 cm³/mol. The van der Waals surface area contributed by atoms with Gasteiger partial charge in [-0.25, -0.2) is 0 Å². The van der Waals surface area contributed by atoms with Crippen molar-refractivity contribution < 1.29 is 19.5 Å². The Labute approximate surface area is 170 Å². The molecule has 0 aliphatic heterocycles. The molecular weight excluding hydrogens is 374 g/mol. The molecule has 1 saturated carbocycles. The van der Waals surface area contributed by atoms with E-state index in [1.807, 2.05) is 19.9 Å². The van der Waals surface area contributed by atoms with Crippen LogP contribution in [0.4, 0.5) is 0 Å². The maximum atomic E-state index is 12.8. The van der Waals surface area contributed by atoms with Gasteiger partial charge in [0.25, 0.3) is 11.8 Å². The Kier molecular flexibility index (Phi) is 9.32. The van der Waals surface area contributed by atoms with Crippen LogP contribution in [-0.4, -0.2) is 65.0 Å². The summed E-state index contributed by atoms with van der Waals surface area (Å²) >= 11 is 0. The van der Waals surface area contributed by atoms with Crippen molar-refractivity contribution in [2.75, 3.05) is 20.1 Å². The normalized spacial score (nSPS) is 14.4. The number of carbonyl (C=O) groups excluding carboxylic acids is 3. The Hall–Kier alpha value is -3.41. The molecule has 0 heterocycles. The number of aliphatic hydroxyl groups excluding tert-OH is 1. The van der Waals surface area contributed by atoms with Gasteiger partial charge in [-0.1, -0.05) is 13.8 Å². The van der Waals surface area contributed by atoms with E-state index in [1.54, 1.807) is 0 Å². The van der Waals surface area contributed by atoms with Crippen molar-refractivity contribution in [3.8, 4) is 6.07 Å². The second-order valence-corrected chi connectivity index (χ2v) is 7.10. The maximum absolute atomic E-state index is 12.8. The summed E-state index contributed by atoms with van der Waals surface area (Å²) in [6.07, 6.45) is 7.00. The summed E-state index contributed by atoms with van der Waals surface area (Å²) < 4.78 is 0. The summed E-state index contributed by atoms with van der Waals surface area (Å²) in [4.78, 5) is 39.4. The molecule has 0 radical (unpaired) electrons. The van der Waals surface area contributed by atoms with Gasteiger partial charge < -0.3 is 25.6 Å². The lowest BCUT2D eigenvalue weighted by atomic mass is 10.1. The molecule has 9 nitrogen and oxygen atoms in total. The molecule has 0 aromatic rings. The third-order valence-electron chi connectivity index (χ3n) is 3.91. The van der Waals surface area contributed by atoms with Crippen molar-refractivity contribution in [2.45, 2.75) is 32.7 Å². The Morgan fingerprint density at radius 1 is 1.31 bits per heavy atom. The van der Waals surface area contributed by atoms with Crippen LogP contribution in [0, 0.1) is 22.7 Å². The summed E-state index contributed by atoms with van der Waals surface area (Å²) in [6.45, 7) is 3.91. The minimum atomic E-state index is -0.708. The molecule has 0 aromatic heterocycles. The van der Waals surface area contributed by atoms with E-state index >= 15 is 0 Å². The number of allylic oxidation sites excluding steroid dienone is 2. The van der Waals surface area contributed by atoms with Gasteiger partial charge in [-0.2, -0.15) is 5.26 Å². The van der Waals surface area contributed by atoms with Crippen LogP contribution in [0.15, 0.2) is 35.8 Å². The number of nitrogens with zero attached hydrogens (tertiary/aromatic N) is 3. The number of rotatable bonds is 10. The zero-order chi connectivity index (χ0) is 22.0. The average molecular weight is 401 g/mol. The number of likely N-dealkylation sites (N-methyl/N-ethyl adjacent to an activating group) is 1. The van der Waals surface area contributed by atoms with Crippen LogP contribution in [-0.2, 0) is 14.4 Å². The average Bonchev–Trinajstić information content (AvgIpc) is 3.48. The molecule has 0 aromatic carbocycles. The first-order valence-corrected chi connectivity index (χ1v) is 9.22. The monoisotopic (exact) mass is 401 g/mol. The van der Waals surface area contributed by atoms with E-state index in [-0.39, 0.29) is 30.6 Å². The van der Waals surface area contributed by atoms with Gasteiger partial charge in [0.15, 0.2) is 0 Å². The zero-order valence-corrected chi connectivity index (χ0v) is 16.9. The number of carbonyl (C=O) groups is 3. The second kappa shape index (κ2) is 11.4. The number of hydrogen-bond donors (Lipinski definition) is 3. The number of amides is 3. The van der Waals surface area contributed by atoms with Gasteiger partial charge >= 0.3 is 0 Å². The van der Waals surface area contributed by atoms with Crippen LogP contribution >= 0.6 is 0 Å². The molecule has 0 saturated heterocycles. The SMILES string of the molecule is CC(C)CN(/C=C(C=N)\C=C\C(=O)N(C)CC#N)C(=O)/C(=C/O)C(=O)NC1CC1. The molecule has 0 unspecified atom stereocenters. The maximum Gasteiger partial charge on any atom is 0.266 e. The van der Waals surface area contributed by atoms with Crippen molar-refractivity contribution in [3.05, 3.63) is 35.8 Å². The molecule has 156 valence electrons. The van der Waals surface area contributed by atoms with E-state index < -0.39 is 23.3 Å². The van der Waals surface area contributed by atoms with E-state index in [4.69, 9.17) is 10.7 Å². The van der Waals surface area contributed by atoms with E-state index in [1.165, 1.54) is 35.2 Å². The molecule has 3 N–H and O–H groups in total. The highest BCUT2D eigenvalue weighted by molar-refractivity contribution is 6.18. The Morgan fingerprint density at radius 2 is 1.97 bits per heavy atom. The number of nitrogens with one attached hydrogen (secondary N) is 2. The molecule has 3 amide bonds. The molecule has 1 aliphatic carbocycles. The molecule has 1 rings (SSSR count). The van der Waals surface area contributed by atoms with E-state index in [0.29, 0.717) is 6.26 Å². The highest BCUT2D eigenvalue weighted by atomic mass is 16.2. The number of hydrogen-bond acceptors (Lipinski definition) is 6. The van der Waals surface area contributed by atoms with Crippen molar-refractivity contribution in [1.29, 1.82) is 10.7 Å². The van der Waals surface area contributed by atoms with E-state index in [2.05, 4.69) is 5.32 Å². The Morgan fingerprint density at radius 3 is 2.45 bits per heavy atom. The molecule has 1 aliphatic rings. The predicted octanol–water partition coefficient (Wildman–Crippen LogP) is 1.26. The lowest BCUT2D eigenvalue weighted by Gasteiger charge is -2.22. The van der Waals surface area contributed by atoms with Crippen molar-refractivity contribution in [2.24, 2.45) is 5.92 Å². The molecule has 0 bridgehead atoms. The van der Waals surface area contributed by atoms with Gasteiger partial charge in [-0.15, -0.1) is 0 Å². The first-order chi connectivity index (χ1) is 13.7. The van der Waals surface area contributed by atoms with Gasteiger partial charge in [0, 0.05) is 43.7 Å². The Bertz CT molecular complexity index is 772. The summed E-state index contributed by atoms with van der Waals surface area (Å²) in [5, 5.41) is 28.3. The lowest BCUT2D eigenvalue weighted by molar-refractivity contribution is -0.129. The van der Waals surface area contributed by atoms with Crippen LogP contribution in [0.1, 0.15) is 26.7 Å². The van der Waals surface area contributed by atoms with E-state index in [0.717, 1.165) is 19.1 Å². The first kappa shape index (κ1) is 23.6. The van der Waals surface area contributed by atoms with Crippen molar-refractivity contribution >= 4 is 23.9 Å². The first-order valence-electron chi connectivity index (χ1n) is 9.22. The van der Waals surface area contributed by atoms with Gasteiger partial charge in [0.05, 0.1) is 12.3 Å². The standard InChI is InChI=1S/C20H27N5O4/c1-14(2)11-25(20(29)17(13-26)19(28)23-16-5-6-16)12-15(10-22)4-7-18(27)24(3)9-8-21/h4,7,10,12-14,16,22,26H,5-6,9,11H2,1-3H3,(H,23,28)/b7-4+,15-12+,17-13+,22-10?. The number of nitriles is 1. The highest BCUT2D eigenvalue weighted by Gasteiger charge is 2.29. The van der Waals surface area contributed by atoms with Gasteiger partial charge in [0.1, 0.15) is 12.1 Å². The van der Waals surface area contributed by atoms with Crippen molar-refractivity contribution in [1.82, 2.24) is 15.1 Å². The zero-order valence-electron chi connectivity index (χ0n) is 16.9. The van der Waals surface area contributed by atoms with Crippen LogP contribution < -0.4 is 5.32 Å². The number of aliphatic hydroxyl groups is 1. The minimum Gasteiger partial charge on any atom is -0.515 e. The minimum absolute atomic E-state index is 0.0239. The summed E-state index contributed by atoms with van der Waals surface area (Å²) in [7, 11) is 1.47. The summed E-state index contributed by atoms with van der Waals surface area (Å²) in [5.41, 5.74) is -0.162. The summed E-state index contributed by atoms with van der Waals surface area (Å²) in [6, 6.07) is 1.88. The fourth-order valence-corrected chi connectivity index (χ4v) is 2.23. The molecule has 1 fully saturated rings. The smallest absolute Gasteiger partial charge is 0.266 e. The molecular formula is C20H27N5O4. The van der Waals surface area contributed by atoms with Crippen LogP contribution in [0.2, 0.25) is 0 Å². The van der Waals surface area contributed by atoms with E-state index in [9.17, 15) is 19.5 Å². The van der Waals surface area contributed by atoms with Crippen LogP contribution in [0.25, 0.3) is 0 Å². The van der Waals surface area contributed by atoms with Gasteiger partial charge in [-0.05, 0) is 24.8 Å². The quantitative estimate of drug-likeness (QED) is 0.0962. The third-order valence-corrected chi connectivity index (χ3v) is 3.91. The lowest BCUT2D eigenvalue weighted by Crippen LogP contribution is -2.38. The highest BCUT2D eigenvalue weighted by Crippen LogP contribution is 2.19. The second-order valence-electron chi connectivity index (χ2n) is 7.10. The molecule has 29 heavy (non-hydrogen) atoms. The molecule has 0 spiro atoms. The fraction of sp³-hybridized carbons (Fsp3) is 0.450. The van der Waals surface area contributed by atoms with Gasteiger partial charge in [-0.3, -0.25) is 14.4 Å². The van der Waals surface area contributed by atoms with Crippen LogP contribution in [0.3, 0.4) is 0 Å². The van der Waals surface area contributed by atoms with Crippen molar-refractivity contribution in [3.63, 3.8) is 0 Å². The molecule has 0 atom stereocenters. The third kappa shape index (κ3) is 8.01. The molecule has 9 heteroatoms. The largest absolute Gasteiger partial charge is 0.515 e. The Balaban J connectivity index is 3.05.